The van der Waals surface area contributed by atoms with Gasteiger partial charge in [0, 0.05) is 71.6 Å². The normalized spacial score (nSPS) is 19.2. The summed E-state index contributed by atoms with van der Waals surface area (Å²) in [6.45, 7) is 8.27. The number of anilines is 1. The standard InChI is InChI=1S/C25H37N7/c1-26-25(29-23-10-12-31(13-11-23)20-21-6-4-3-5-7-21)28-19-22-8-9-24(27-18-22)32-16-14-30(2)15-17-32/h3-9,18,23H,10-17,19-20H2,1-2H3,(H2,26,28,29). The van der Waals surface area contributed by atoms with Gasteiger partial charge in [-0.3, -0.25) is 9.89 Å². The number of likely N-dealkylation sites (tertiary alicyclic amines) is 1. The lowest BCUT2D eigenvalue weighted by Gasteiger charge is -2.33. The maximum atomic E-state index is 4.69. The van der Waals surface area contributed by atoms with E-state index in [1.807, 2.05) is 13.2 Å². The fourth-order valence-electron chi connectivity index (χ4n) is 4.39. The number of aromatic nitrogens is 1. The molecule has 1 aromatic carbocycles. The van der Waals surface area contributed by atoms with E-state index in [-0.39, 0.29) is 0 Å². The van der Waals surface area contributed by atoms with E-state index in [0.717, 1.165) is 77.0 Å². The van der Waals surface area contributed by atoms with E-state index in [1.54, 1.807) is 0 Å². The molecular weight excluding hydrogens is 398 g/mol. The van der Waals surface area contributed by atoms with Gasteiger partial charge in [0.15, 0.2) is 5.96 Å². The van der Waals surface area contributed by atoms with Crippen LogP contribution in [0.2, 0.25) is 0 Å². The monoisotopic (exact) mass is 435 g/mol. The van der Waals surface area contributed by atoms with Crippen LogP contribution in [0.1, 0.15) is 24.0 Å². The van der Waals surface area contributed by atoms with Gasteiger partial charge >= 0.3 is 0 Å². The van der Waals surface area contributed by atoms with Crippen molar-refractivity contribution < 1.29 is 0 Å². The van der Waals surface area contributed by atoms with Gasteiger partial charge in [-0.1, -0.05) is 36.4 Å². The molecule has 0 bridgehead atoms. The predicted molar refractivity (Wildman–Crippen MR) is 132 cm³/mol. The molecular formula is C25H37N7. The molecule has 3 heterocycles. The minimum Gasteiger partial charge on any atom is -0.354 e. The van der Waals surface area contributed by atoms with Crippen molar-refractivity contribution in [3.8, 4) is 0 Å². The van der Waals surface area contributed by atoms with Crippen molar-refractivity contribution in [1.82, 2.24) is 25.4 Å². The fraction of sp³-hybridized carbons (Fsp3) is 0.520. The molecule has 0 saturated carbocycles. The molecule has 2 aliphatic rings. The molecule has 0 aliphatic carbocycles. The summed E-state index contributed by atoms with van der Waals surface area (Å²) in [5.41, 5.74) is 2.56. The van der Waals surface area contributed by atoms with Crippen molar-refractivity contribution >= 4 is 11.8 Å². The zero-order valence-electron chi connectivity index (χ0n) is 19.5. The van der Waals surface area contributed by atoms with Crippen LogP contribution in [0, 0.1) is 0 Å². The van der Waals surface area contributed by atoms with E-state index < -0.39 is 0 Å². The van der Waals surface area contributed by atoms with Crippen LogP contribution in [0.4, 0.5) is 5.82 Å². The first-order valence-corrected chi connectivity index (χ1v) is 11.8. The van der Waals surface area contributed by atoms with Gasteiger partial charge in [-0.15, -0.1) is 0 Å². The number of likely N-dealkylation sites (N-methyl/N-ethyl adjacent to an activating group) is 1. The molecule has 0 amide bonds. The van der Waals surface area contributed by atoms with Gasteiger partial charge in [0.1, 0.15) is 5.82 Å². The van der Waals surface area contributed by atoms with Crippen molar-refractivity contribution in [2.24, 2.45) is 4.99 Å². The number of benzene rings is 1. The van der Waals surface area contributed by atoms with Gasteiger partial charge in [0.2, 0.25) is 0 Å². The first-order valence-electron chi connectivity index (χ1n) is 11.8. The molecule has 0 atom stereocenters. The molecule has 2 aliphatic heterocycles. The van der Waals surface area contributed by atoms with Crippen molar-refractivity contribution in [2.75, 3.05) is 58.3 Å². The molecule has 0 unspecified atom stereocenters. The van der Waals surface area contributed by atoms with Crippen molar-refractivity contribution in [1.29, 1.82) is 0 Å². The summed E-state index contributed by atoms with van der Waals surface area (Å²) in [6, 6.07) is 15.5. The number of hydrogen-bond acceptors (Lipinski definition) is 5. The Hall–Kier alpha value is -2.64. The third kappa shape index (κ3) is 6.43. The summed E-state index contributed by atoms with van der Waals surface area (Å²) in [4.78, 5) is 16.4. The van der Waals surface area contributed by atoms with Crippen LogP contribution in [-0.2, 0) is 13.1 Å². The first-order chi connectivity index (χ1) is 15.7. The lowest BCUT2D eigenvalue weighted by Crippen LogP contribution is -2.48. The highest BCUT2D eigenvalue weighted by Gasteiger charge is 2.20. The Labute approximate surface area is 192 Å². The summed E-state index contributed by atoms with van der Waals surface area (Å²) < 4.78 is 0. The quantitative estimate of drug-likeness (QED) is 0.536. The second-order valence-electron chi connectivity index (χ2n) is 8.92. The number of nitrogens with one attached hydrogen (secondary N) is 2. The van der Waals surface area contributed by atoms with Crippen LogP contribution >= 0.6 is 0 Å². The van der Waals surface area contributed by atoms with Gasteiger partial charge in [-0.25, -0.2) is 4.98 Å². The third-order valence-corrected chi connectivity index (χ3v) is 6.50. The maximum absolute atomic E-state index is 4.69. The number of piperazine rings is 1. The van der Waals surface area contributed by atoms with Crippen LogP contribution in [0.3, 0.4) is 0 Å². The van der Waals surface area contributed by atoms with E-state index in [2.05, 4.69) is 79.8 Å². The summed E-state index contributed by atoms with van der Waals surface area (Å²) in [5.74, 6) is 1.95. The molecule has 2 fully saturated rings. The Balaban J connectivity index is 1.19. The highest BCUT2D eigenvalue weighted by molar-refractivity contribution is 5.79. The van der Waals surface area contributed by atoms with Gasteiger partial charge in [-0.2, -0.15) is 0 Å². The molecule has 0 spiro atoms. The zero-order chi connectivity index (χ0) is 22.2. The second kappa shape index (κ2) is 11.3. The van der Waals surface area contributed by atoms with E-state index in [1.165, 1.54) is 11.1 Å². The number of piperidine rings is 1. The summed E-state index contributed by atoms with van der Waals surface area (Å²) in [5, 5.41) is 7.06. The van der Waals surface area contributed by atoms with Crippen molar-refractivity contribution in [3.05, 3.63) is 59.8 Å². The maximum Gasteiger partial charge on any atom is 0.191 e. The van der Waals surface area contributed by atoms with E-state index in [9.17, 15) is 0 Å². The number of rotatable bonds is 6. The molecule has 32 heavy (non-hydrogen) atoms. The van der Waals surface area contributed by atoms with Gasteiger partial charge in [0.05, 0.1) is 0 Å². The van der Waals surface area contributed by atoms with Crippen molar-refractivity contribution in [2.45, 2.75) is 32.0 Å². The largest absolute Gasteiger partial charge is 0.354 e. The lowest BCUT2D eigenvalue weighted by atomic mass is 10.0. The second-order valence-corrected chi connectivity index (χ2v) is 8.92. The molecule has 172 valence electrons. The van der Waals surface area contributed by atoms with Crippen LogP contribution in [0.5, 0.6) is 0 Å². The van der Waals surface area contributed by atoms with E-state index in [4.69, 9.17) is 4.98 Å². The van der Waals surface area contributed by atoms with Gasteiger partial charge < -0.3 is 20.4 Å². The predicted octanol–water partition coefficient (Wildman–Crippen LogP) is 2.16. The third-order valence-electron chi connectivity index (χ3n) is 6.50. The van der Waals surface area contributed by atoms with Crippen LogP contribution < -0.4 is 15.5 Å². The summed E-state index contributed by atoms with van der Waals surface area (Å²) in [6.07, 6.45) is 4.25. The molecule has 1 aromatic heterocycles. The molecule has 0 radical (unpaired) electrons. The number of hydrogen-bond donors (Lipinski definition) is 2. The highest BCUT2D eigenvalue weighted by atomic mass is 15.3. The number of pyridine rings is 1. The number of nitrogens with zero attached hydrogens (tertiary/aromatic N) is 5. The van der Waals surface area contributed by atoms with Gasteiger partial charge in [-0.05, 0) is 37.1 Å². The molecule has 2 aromatic rings. The lowest BCUT2D eigenvalue weighted by molar-refractivity contribution is 0.198. The Kier molecular flexibility index (Phi) is 7.96. The number of guanidine groups is 1. The van der Waals surface area contributed by atoms with Gasteiger partial charge in [0.25, 0.3) is 0 Å². The minimum absolute atomic E-state index is 0.464. The van der Waals surface area contributed by atoms with Crippen molar-refractivity contribution in [3.63, 3.8) is 0 Å². The molecule has 2 saturated heterocycles. The Morgan fingerprint density at radius 3 is 2.38 bits per heavy atom. The van der Waals surface area contributed by atoms with Crippen LogP contribution in [0.15, 0.2) is 53.7 Å². The first kappa shape index (κ1) is 22.6. The Bertz CT molecular complexity index is 836. The molecule has 7 heteroatoms. The topological polar surface area (TPSA) is 59.0 Å². The van der Waals surface area contributed by atoms with E-state index >= 15 is 0 Å². The summed E-state index contributed by atoms with van der Waals surface area (Å²) in [7, 11) is 4.02. The van der Waals surface area contributed by atoms with Crippen LogP contribution in [0.25, 0.3) is 0 Å². The Morgan fingerprint density at radius 2 is 1.72 bits per heavy atom. The molecule has 4 rings (SSSR count). The molecule has 2 N–H and O–H groups in total. The average Bonchev–Trinajstić information content (AvgIpc) is 2.84. The minimum atomic E-state index is 0.464. The zero-order valence-corrected chi connectivity index (χ0v) is 19.5. The SMILES string of the molecule is CN=C(NCc1ccc(N2CCN(C)CC2)nc1)NC1CCN(Cc2ccccc2)CC1. The average molecular weight is 436 g/mol. The summed E-state index contributed by atoms with van der Waals surface area (Å²) >= 11 is 0. The number of aliphatic imine (C=N–C) groups is 1. The molecule has 7 nitrogen and oxygen atoms in total. The smallest absolute Gasteiger partial charge is 0.191 e. The van der Waals surface area contributed by atoms with Crippen LogP contribution in [-0.4, -0.2) is 80.1 Å². The van der Waals surface area contributed by atoms with E-state index in [0.29, 0.717) is 6.04 Å². The Morgan fingerprint density at radius 1 is 0.969 bits per heavy atom. The highest BCUT2D eigenvalue weighted by Crippen LogP contribution is 2.15. The fourth-order valence-corrected chi connectivity index (χ4v) is 4.39.